The lowest BCUT2D eigenvalue weighted by molar-refractivity contribution is -0.127. The Morgan fingerprint density at radius 2 is 1.90 bits per heavy atom. The maximum atomic E-state index is 12.4. The number of sulfone groups is 1. The summed E-state index contributed by atoms with van der Waals surface area (Å²) in [7, 11) is -3.59. The lowest BCUT2D eigenvalue weighted by atomic mass is 9.99. The fourth-order valence-corrected chi connectivity index (χ4v) is 3.41. The van der Waals surface area contributed by atoms with Gasteiger partial charge in [0.15, 0.2) is 0 Å². The minimum absolute atomic E-state index is 0.0735. The monoisotopic (exact) mass is 290 g/mol. The molecule has 2 aliphatic heterocycles. The third kappa shape index (κ3) is 2.02. The van der Waals surface area contributed by atoms with E-state index in [1.54, 1.807) is 4.90 Å². The third-order valence-corrected chi connectivity index (χ3v) is 4.96. The van der Waals surface area contributed by atoms with Gasteiger partial charge in [0.05, 0.1) is 5.57 Å². The fourth-order valence-electron chi connectivity index (χ4n) is 2.48. The lowest BCUT2D eigenvalue weighted by Crippen LogP contribution is -2.37. The van der Waals surface area contributed by atoms with Gasteiger partial charge < -0.3 is 10.6 Å². The maximum Gasteiger partial charge on any atom is 0.257 e. The number of nitrogens with zero attached hydrogens (tertiary/aromatic N) is 1. The summed E-state index contributed by atoms with van der Waals surface area (Å²) in [6.07, 6.45) is 2.05. The molecule has 0 unspecified atom stereocenters. The second-order valence-corrected chi connectivity index (χ2v) is 6.67. The van der Waals surface area contributed by atoms with E-state index in [4.69, 9.17) is 5.73 Å². The minimum atomic E-state index is -3.59. The fraction of sp³-hybridized carbons (Fsp3) is 0.214. The Morgan fingerprint density at radius 3 is 2.55 bits per heavy atom. The molecule has 1 aromatic carbocycles. The Kier molecular flexibility index (Phi) is 2.90. The molecule has 20 heavy (non-hydrogen) atoms. The Bertz CT molecular complexity index is 747. The molecule has 6 heteroatoms. The van der Waals surface area contributed by atoms with Crippen LogP contribution in [0.5, 0.6) is 0 Å². The van der Waals surface area contributed by atoms with Gasteiger partial charge in [-0.25, -0.2) is 8.42 Å². The smallest absolute Gasteiger partial charge is 0.257 e. The first-order chi connectivity index (χ1) is 9.49. The second kappa shape index (κ2) is 4.49. The molecule has 104 valence electrons. The van der Waals surface area contributed by atoms with Crippen molar-refractivity contribution in [3.63, 3.8) is 0 Å². The van der Waals surface area contributed by atoms with E-state index in [2.05, 4.69) is 0 Å². The summed E-state index contributed by atoms with van der Waals surface area (Å²) in [6.45, 7) is 1.06. The van der Waals surface area contributed by atoms with Crippen LogP contribution in [0.2, 0.25) is 0 Å². The summed E-state index contributed by atoms with van der Waals surface area (Å²) < 4.78 is 23.0. The molecule has 0 aliphatic carbocycles. The van der Waals surface area contributed by atoms with Gasteiger partial charge in [-0.3, -0.25) is 4.79 Å². The van der Waals surface area contributed by atoms with Crippen molar-refractivity contribution < 1.29 is 13.2 Å². The van der Waals surface area contributed by atoms with Gasteiger partial charge in [0.25, 0.3) is 5.91 Å². The van der Waals surface area contributed by atoms with Crippen LogP contribution in [0.4, 0.5) is 0 Å². The number of fused-ring (bicyclic) bond motifs is 1. The molecular formula is C14H14N2O3S. The second-order valence-electron chi connectivity index (χ2n) is 4.87. The maximum absolute atomic E-state index is 12.4. The highest BCUT2D eigenvalue weighted by Crippen LogP contribution is 2.24. The molecule has 1 aromatic rings. The molecule has 0 spiro atoms. The number of nitrogens with two attached hydrogens (primary N) is 1. The standard InChI is InChI=1S/C14H14N2O3S/c15-13-12(6-8-20(13,18)19)14(17)16-7-5-10-3-1-2-4-11(10)9-16/h1-4,6,8H,5,7,9,15H2. The largest absolute Gasteiger partial charge is 0.389 e. The summed E-state index contributed by atoms with van der Waals surface area (Å²) >= 11 is 0. The van der Waals surface area contributed by atoms with E-state index in [1.807, 2.05) is 24.3 Å². The van der Waals surface area contributed by atoms with Crippen molar-refractivity contribution in [3.05, 3.63) is 57.5 Å². The van der Waals surface area contributed by atoms with E-state index in [-0.39, 0.29) is 16.5 Å². The first-order valence-electron chi connectivity index (χ1n) is 6.28. The zero-order valence-electron chi connectivity index (χ0n) is 10.7. The molecule has 0 fully saturated rings. The summed E-state index contributed by atoms with van der Waals surface area (Å²) in [6, 6.07) is 7.93. The van der Waals surface area contributed by atoms with Gasteiger partial charge >= 0.3 is 0 Å². The van der Waals surface area contributed by atoms with Crippen LogP contribution in [0, 0.1) is 0 Å². The van der Waals surface area contributed by atoms with Gasteiger partial charge in [0, 0.05) is 18.5 Å². The Labute approximate surface area is 117 Å². The predicted octanol–water partition coefficient (Wildman–Crippen LogP) is 0.684. The molecule has 0 bridgehead atoms. The van der Waals surface area contributed by atoms with Crippen LogP contribution in [-0.4, -0.2) is 25.8 Å². The van der Waals surface area contributed by atoms with E-state index >= 15 is 0 Å². The van der Waals surface area contributed by atoms with E-state index in [0.717, 1.165) is 17.4 Å². The van der Waals surface area contributed by atoms with Crippen molar-refractivity contribution in [1.29, 1.82) is 0 Å². The summed E-state index contributed by atoms with van der Waals surface area (Å²) in [5.74, 6) is -0.325. The molecular weight excluding hydrogens is 276 g/mol. The van der Waals surface area contributed by atoms with Crippen molar-refractivity contribution in [2.75, 3.05) is 6.54 Å². The van der Waals surface area contributed by atoms with E-state index < -0.39 is 9.84 Å². The van der Waals surface area contributed by atoms with E-state index in [9.17, 15) is 13.2 Å². The van der Waals surface area contributed by atoms with Crippen molar-refractivity contribution in [1.82, 2.24) is 4.90 Å². The highest BCUT2D eigenvalue weighted by atomic mass is 32.2. The van der Waals surface area contributed by atoms with Gasteiger partial charge in [-0.05, 0) is 23.6 Å². The van der Waals surface area contributed by atoms with Crippen LogP contribution < -0.4 is 5.73 Å². The van der Waals surface area contributed by atoms with Crippen molar-refractivity contribution >= 4 is 15.7 Å². The van der Waals surface area contributed by atoms with Crippen LogP contribution in [-0.2, 0) is 27.6 Å². The van der Waals surface area contributed by atoms with Gasteiger partial charge in [-0.1, -0.05) is 24.3 Å². The average molecular weight is 290 g/mol. The highest BCUT2D eigenvalue weighted by Gasteiger charge is 2.30. The molecule has 2 N–H and O–H groups in total. The highest BCUT2D eigenvalue weighted by molar-refractivity contribution is 7.98. The Balaban J connectivity index is 1.88. The molecule has 0 saturated carbocycles. The zero-order chi connectivity index (χ0) is 14.3. The lowest BCUT2D eigenvalue weighted by Gasteiger charge is -2.29. The third-order valence-electron chi connectivity index (χ3n) is 3.63. The van der Waals surface area contributed by atoms with Crippen molar-refractivity contribution in [2.45, 2.75) is 13.0 Å². The van der Waals surface area contributed by atoms with Crippen LogP contribution in [0.25, 0.3) is 0 Å². The predicted molar refractivity (Wildman–Crippen MR) is 74.8 cm³/mol. The van der Waals surface area contributed by atoms with Gasteiger partial charge in [-0.15, -0.1) is 0 Å². The Hall–Kier alpha value is -2.08. The van der Waals surface area contributed by atoms with Crippen LogP contribution in [0.15, 0.2) is 46.4 Å². The van der Waals surface area contributed by atoms with Crippen molar-refractivity contribution in [3.8, 4) is 0 Å². The normalized spacial score (nSPS) is 20.1. The first-order valence-corrected chi connectivity index (χ1v) is 7.82. The molecule has 0 radical (unpaired) electrons. The molecule has 0 saturated heterocycles. The molecule has 3 rings (SSSR count). The van der Waals surface area contributed by atoms with E-state index in [1.165, 1.54) is 11.6 Å². The van der Waals surface area contributed by atoms with Crippen LogP contribution in [0.3, 0.4) is 0 Å². The topological polar surface area (TPSA) is 80.5 Å². The molecule has 5 nitrogen and oxygen atoms in total. The summed E-state index contributed by atoms with van der Waals surface area (Å²) in [5, 5.41) is 0.634. The number of benzene rings is 1. The molecule has 0 aromatic heterocycles. The number of hydrogen-bond acceptors (Lipinski definition) is 4. The quantitative estimate of drug-likeness (QED) is 0.825. The number of amides is 1. The number of carbonyl (C=O) groups is 1. The molecule has 1 amide bonds. The molecule has 2 heterocycles. The molecule has 2 aliphatic rings. The average Bonchev–Trinajstić information content (AvgIpc) is 2.72. The van der Waals surface area contributed by atoms with E-state index in [0.29, 0.717) is 13.1 Å². The molecule has 0 atom stereocenters. The number of hydrogen-bond donors (Lipinski definition) is 1. The summed E-state index contributed by atoms with van der Waals surface area (Å²) in [4.78, 5) is 14.0. The summed E-state index contributed by atoms with van der Waals surface area (Å²) in [5.41, 5.74) is 7.94. The van der Waals surface area contributed by atoms with Crippen LogP contribution >= 0.6 is 0 Å². The van der Waals surface area contributed by atoms with Gasteiger partial charge in [-0.2, -0.15) is 0 Å². The van der Waals surface area contributed by atoms with Crippen LogP contribution in [0.1, 0.15) is 11.1 Å². The number of carbonyl (C=O) groups excluding carboxylic acids is 1. The zero-order valence-corrected chi connectivity index (χ0v) is 11.6. The Morgan fingerprint density at radius 1 is 1.20 bits per heavy atom. The number of rotatable bonds is 1. The minimum Gasteiger partial charge on any atom is -0.389 e. The first kappa shape index (κ1) is 12.9. The van der Waals surface area contributed by atoms with Crippen molar-refractivity contribution in [2.24, 2.45) is 5.73 Å². The van der Waals surface area contributed by atoms with Gasteiger partial charge in [0.2, 0.25) is 9.84 Å². The van der Waals surface area contributed by atoms with Gasteiger partial charge in [0.1, 0.15) is 5.03 Å². The SMILES string of the molecule is NC1=C(C(=O)N2CCc3ccccc3C2)C=CS1(=O)=O.